The van der Waals surface area contributed by atoms with Gasteiger partial charge in [-0.2, -0.15) is 0 Å². The molecule has 2 N–H and O–H groups in total. The number of aliphatic hydroxyl groups excluding tert-OH is 1. The van der Waals surface area contributed by atoms with E-state index < -0.39 is 0 Å². The van der Waals surface area contributed by atoms with Crippen molar-refractivity contribution in [2.75, 3.05) is 6.61 Å². The normalized spacial score (nSPS) is 18.4. The Labute approximate surface area is 120 Å². The van der Waals surface area contributed by atoms with Crippen LogP contribution in [0, 0.1) is 5.92 Å². The fourth-order valence-corrected chi connectivity index (χ4v) is 3.91. The van der Waals surface area contributed by atoms with Crippen LogP contribution in [0.25, 0.3) is 0 Å². The quantitative estimate of drug-likeness (QED) is 0.843. The van der Waals surface area contributed by atoms with Crippen LogP contribution in [0.2, 0.25) is 0 Å². The maximum Gasteiger partial charge on any atom is 0.110 e. The minimum Gasteiger partial charge on any atom is -0.395 e. The van der Waals surface area contributed by atoms with Crippen LogP contribution in [0.3, 0.4) is 0 Å². The van der Waals surface area contributed by atoms with Gasteiger partial charge in [0, 0.05) is 10.9 Å². The van der Waals surface area contributed by atoms with Gasteiger partial charge in [0.05, 0.1) is 18.3 Å². The second-order valence-corrected chi connectivity index (χ2v) is 7.14. The third-order valence-corrected chi connectivity index (χ3v) is 5.03. The van der Waals surface area contributed by atoms with E-state index in [9.17, 15) is 5.11 Å². The predicted molar refractivity (Wildman–Crippen MR) is 80.6 cm³/mol. The zero-order chi connectivity index (χ0) is 13.8. The molecule has 2 atom stereocenters. The van der Waals surface area contributed by atoms with Gasteiger partial charge in [-0.25, -0.2) is 4.98 Å². The Bertz CT molecular complexity index is 379. The summed E-state index contributed by atoms with van der Waals surface area (Å²) < 4.78 is 0. The Morgan fingerprint density at radius 1 is 1.26 bits per heavy atom. The number of aliphatic hydroxyl groups is 1. The van der Waals surface area contributed by atoms with E-state index in [-0.39, 0.29) is 18.7 Å². The molecule has 0 bridgehead atoms. The van der Waals surface area contributed by atoms with Gasteiger partial charge in [0.15, 0.2) is 0 Å². The lowest BCUT2D eigenvalue weighted by Crippen LogP contribution is -2.35. The molecular formula is C15H26N2OS. The van der Waals surface area contributed by atoms with Gasteiger partial charge in [0.25, 0.3) is 0 Å². The zero-order valence-electron chi connectivity index (χ0n) is 12.3. The van der Waals surface area contributed by atoms with Gasteiger partial charge in [-0.15, -0.1) is 11.3 Å². The first-order valence-corrected chi connectivity index (χ1v) is 8.27. The first kappa shape index (κ1) is 14.9. The van der Waals surface area contributed by atoms with Crippen LogP contribution >= 0.6 is 11.3 Å². The summed E-state index contributed by atoms with van der Waals surface area (Å²) in [5.74, 6) is 0.598. The van der Waals surface area contributed by atoms with Gasteiger partial charge >= 0.3 is 0 Å². The number of nitrogens with one attached hydrogen (secondary N) is 1. The van der Waals surface area contributed by atoms with Crippen molar-refractivity contribution in [2.24, 2.45) is 5.92 Å². The molecule has 19 heavy (non-hydrogen) atoms. The van der Waals surface area contributed by atoms with E-state index in [1.165, 1.54) is 34.8 Å². The fraction of sp³-hybridized carbons (Fsp3) is 0.800. The number of nitrogens with zero attached hydrogens (tertiary/aromatic N) is 1. The van der Waals surface area contributed by atoms with Crippen molar-refractivity contribution < 1.29 is 5.11 Å². The highest BCUT2D eigenvalue weighted by Gasteiger charge is 2.20. The van der Waals surface area contributed by atoms with E-state index in [0.29, 0.717) is 5.92 Å². The number of aromatic nitrogens is 1. The summed E-state index contributed by atoms with van der Waals surface area (Å²) in [4.78, 5) is 6.28. The highest BCUT2D eigenvalue weighted by Crippen LogP contribution is 2.30. The maximum atomic E-state index is 9.45. The van der Waals surface area contributed by atoms with E-state index in [0.717, 1.165) is 12.8 Å². The minimum absolute atomic E-state index is 0.177. The fourth-order valence-electron chi connectivity index (χ4n) is 2.75. The summed E-state index contributed by atoms with van der Waals surface area (Å²) in [6.07, 6.45) is 5.95. The van der Waals surface area contributed by atoms with Crippen LogP contribution in [0.4, 0.5) is 0 Å². The van der Waals surface area contributed by atoms with Crippen LogP contribution < -0.4 is 5.32 Å². The van der Waals surface area contributed by atoms with E-state index in [1.54, 1.807) is 0 Å². The van der Waals surface area contributed by atoms with Crippen molar-refractivity contribution in [2.45, 2.75) is 65.0 Å². The number of fused-ring (bicyclic) bond motifs is 1. The van der Waals surface area contributed by atoms with Crippen LogP contribution in [0.1, 0.15) is 61.7 Å². The Morgan fingerprint density at radius 3 is 2.63 bits per heavy atom. The summed E-state index contributed by atoms with van der Waals surface area (Å²) in [5, 5.41) is 14.2. The van der Waals surface area contributed by atoms with E-state index >= 15 is 0 Å². The lowest BCUT2D eigenvalue weighted by atomic mass is 10.0. The van der Waals surface area contributed by atoms with Gasteiger partial charge in [-0.3, -0.25) is 0 Å². The largest absolute Gasteiger partial charge is 0.395 e. The van der Waals surface area contributed by atoms with Crippen molar-refractivity contribution in [3.05, 3.63) is 15.6 Å². The predicted octanol–water partition coefficient (Wildman–Crippen LogP) is 3.08. The van der Waals surface area contributed by atoms with Gasteiger partial charge in [0.1, 0.15) is 5.01 Å². The smallest absolute Gasteiger partial charge is 0.110 e. The average molecular weight is 282 g/mol. The number of hydrogen-bond acceptors (Lipinski definition) is 4. The van der Waals surface area contributed by atoms with Crippen LogP contribution in [0.5, 0.6) is 0 Å². The molecule has 3 nitrogen and oxygen atoms in total. The van der Waals surface area contributed by atoms with Crippen LogP contribution in [-0.2, 0) is 12.8 Å². The van der Waals surface area contributed by atoms with Crippen LogP contribution in [0.15, 0.2) is 0 Å². The van der Waals surface area contributed by atoms with E-state index in [4.69, 9.17) is 4.98 Å². The Kier molecular flexibility index (Phi) is 5.37. The minimum atomic E-state index is 0.177. The SMILES string of the molecule is CC(C)CC(CO)NC(C)c1nc2c(s1)CCCC2. The number of hydrogen-bond donors (Lipinski definition) is 2. The molecule has 1 aromatic heterocycles. The van der Waals surface area contributed by atoms with Crippen molar-refractivity contribution in [3.8, 4) is 0 Å². The molecule has 1 aromatic rings. The number of aryl methyl sites for hydroxylation is 2. The average Bonchev–Trinajstić information content (AvgIpc) is 2.81. The summed E-state index contributed by atoms with van der Waals surface area (Å²) in [6, 6.07) is 0.419. The molecule has 0 aromatic carbocycles. The molecule has 1 heterocycles. The Balaban J connectivity index is 1.98. The molecule has 1 aliphatic carbocycles. The molecule has 2 unspecified atom stereocenters. The van der Waals surface area contributed by atoms with Crippen molar-refractivity contribution in [1.82, 2.24) is 10.3 Å². The molecule has 0 fully saturated rings. The highest BCUT2D eigenvalue weighted by molar-refractivity contribution is 7.11. The van der Waals surface area contributed by atoms with Gasteiger partial charge in [-0.05, 0) is 44.9 Å². The molecule has 108 valence electrons. The van der Waals surface area contributed by atoms with Gasteiger partial charge in [-0.1, -0.05) is 13.8 Å². The zero-order valence-corrected chi connectivity index (χ0v) is 13.1. The van der Waals surface area contributed by atoms with E-state index in [1.807, 2.05) is 11.3 Å². The van der Waals surface area contributed by atoms with Gasteiger partial charge < -0.3 is 10.4 Å². The third-order valence-electron chi connectivity index (χ3n) is 3.69. The topological polar surface area (TPSA) is 45.1 Å². The Hall–Kier alpha value is -0.450. The molecule has 0 saturated carbocycles. The Morgan fingerprint density at radius 2 is 2.00 bits per heavy atom. The van der Waals surface area contributed by atoms with E-state index in [2.05, 4.69) is 26.1 Å². The molecule has 0 amide bonds. The number of thiazole rings is 1. The highest BCUT2D eigenvalue weighted by atomic mass is 32.1. The summed E-state index contributed by atoms with van der Waals surface area (Å²) in [5.41, 5.74) is 1.32. The molecule has 4 heteroatoms. The first-order valence-electron chi connectivity index (χ1n) is 7.45. The van der Waals surface area contributed by atoms with Crippen molar-refractivity contribution in [3.63, 3.8) is 0 Å². The summed E-state index contributed by atoms with van der Waals surface area (Å²) >= 11 is 1.86. The van der Waals surface area contributed by atoms with Crippen molar-refractivity contribution in [1.29, 1.82) is 0 Å². The molecule has 0 spiro atoms. The maximum absolute atomic E-state index is 9.45. The van der Waals surface area contributed by atoms with Gasteiger partial charge in [0.2, 0.25) is 0 Å². The molecule has 0 saturated heterocycles. The van der Waals surface area contributed by atoms with Crippen molar-refractivity contribution >= 4 is 11.3 Å². The molecule has 0 radical (unpaired) electrons. The standard InChI is InChI=1S/C15H26N2OS/c1-10(2)8-12(9-18)16-11(3)15-17-13-6-4-5-7-14(13)19-15/h10-12,16,18H,4-9H2,1-3H3. The molecule has 0 aliphatic heterocycles. The number of rotatable bonds is 6. The lowest BCUT2D eigenvalue weighted by Gasteiger charge is -2.21. The molecule has 2 rings (SSSR count). The summed E-state index contributed by atoms with van der Waals surface area (Å²) in [7, 11) is 0. The summed E-state index contributed by atoms with van der Waals surface area (Å²) in [6.45, 7) is 6.75. The molecular weight excluding hydrogens is 256 g/mol. The third kappa shape index (κ3) is 4.01. The molecule has 1 aliphatic rings. The lowest BCUT2D eigenvalue weighted by molar-refractivity contribution is 0.215. The second kappa shape index (κ2) is 6.82. The second-order valence-electron chi connectivity index (χ2n) is 6.03. The van der Waals surface area contributed by atoms with Crippen LogP contribution in [-0.4, -0.2) is 22.7 Å². The first-order chi connectivity index (χ1) is 9.10. The monoisotopic (exact) mass is 282 g/mol.